The maximum Gasteiger partial charge on any atom is 0.252 e. The number of pyridine rings is 1. The highest BCUT2D eigenvalue weighted by atomic mass is 32.1. The molecule has 4 aromatic heterocycles. The van der Waals surface area contributed by atoms with Crippen LogP contribution in [0.1, 0.15) is 46.6 Å². The van der Waals surface area contributed by atoms with Crippen LogP contribution < -0.4 is 5.32 Å². The molecule has 0 saturated carbocycles. The second-order valence-corrected chi connectivity index (χ2v) is 9.30. The number of imidazole rings is 1. The second kappa shape index (κ2) is 8.20. The largest absolute Gasteiger partial charge is 0.342 e. The van der Waals surface area contributed by atoms with E-state index >= 15 is 0 Å². The van der Waals surface area contributed by atoms with Crippen molar-refractivity contribution in [2.45, 2.75) is 33.4 Å². The molecule has 5 aromatic rings. The van der Waals surface area contributed by atoms with Crippen molar-refractivity contribution in [2.75, 3.05) is 0 Å². The van der Waals surface area contributed by atoms with Gasteiger partial charge in [0.1, 0.15) is 5.82 Å². The number of carbonyl (C=O) groups excluding carboxylic acids is 1. The van der Waals surface area contributed by atoms with E-state index in [0.717, 1.165) is 27.9 Å². The van der Waals surface area contributed by atoms with E-state index in [0.29, 0.717) is 17.8 Å². The molecule has 32 heavy (non-hydrogen) atoms. The zero-order valence-electron chi connectivity index (χ0n) is 18.2. The third-order valence-electron chi connectivity index (χ3n) is 5.52. The van der Waals surface area contributed by atoms with E-state index in [1.165, 1.54) is 4.88 Å². The van der Waals surface area contributed by atoms with Crippen LogP contribution in [-0.4, -0.2) is 30.6 Å². The number of carbonyl (C=O) groups is 1. The van der Waals surface area contributed by atoms with Crippen LogP contribution in [0.4, 0.5) is 0 Å². The van der Waals surface area contributed by atoms with Gasteiger partial charge in [-0.2, -0.15) is 5.10 Å². The number of rotatable bonds is 6. The minimum absolute atomic E-state index is 0.152. The van der Waals surface area contributed by atoms with Crippen LogP contribution in [0.5, 0.6) is 0 Å². The lowest BCUT2D eigenvalue weighted by atomic mass is 10.0. The van der Waals surface area contributed by atoms with Crippen LogP contribution in [-0.2, 0) is 6.54 Å². The molecule has 0 unspecified atom stereocenters. The predicted molar refractivity (Wildman–Crippen MR) is 127 cm³/mol. The first-order valence-electron chi connectivity index (χ1n) is 10.6. The Kier molecular flexibility index (Phi) is 5.22. The van der Waals surface area contributed by atoms with E-state index in [2.05, 4.69) is 40.3 Å². The molecule has 5 rings (SSSR count). The average molecular weight is 445 g/mol. The van der Waals surface area contributed by atoms with E-state index in [-0.39, 0.29) is 17.9 Å². The summed E-state index contributed by atoms with van der Waals surface area (Å²) in [6, 6.07) is 13.5. The second-order valence-electron chi connectivity index (χ2n) is 8.26. The van der Waals surface area contributed by atoms with Crippen LogP contribution >= 0.6 is 11.3 Å². The number of nitrogens with one attached hydrogen (secondary N) is 2. The summed E-state index contributed by atoms with van der Waals surface area (Å²) in [6.45, 7) is 6.68. The van der Waals surface area contributed by atoms with Crippen LogP contribution in [0.3, 0.4) is 0 Å². The summed E-state index contributed by atoms with van der Waals surface area (Å²) < 4.78 is 1.85. The van der Waals surface area contributed by atoms with Gasteiger partial charge in [0.05, 0.1) is 40.8 Å². The number of benzene rings is 1. The van der Waals surface area contributed by atoms with Crippen LogP contribution in [0.25, 0.3) is 22.1 Å². The highest BCUT2D eigenvalue weighted by molar-refractivity contribution is 7.09. The summed E-state index contributed by atoms with van der Waals surface area (Å²) in [4.78, 5) is 27.3. The summed E-state index contributed by atoms with van der Waals surface area (Å²) in [6.07, 6.45) is 1.73. The lowest BCUT2D eigenvalue weighted by Crippen LogP contribution is -2.32. The van der Waals surface area contributed by atoms with Gasteiger partial charge in [-0.25, -0.2) is 14.6 Å². The Morgan fingerprint density at radius 3 is 2.78 bits per heavy atom. The summed E-state index contributed by atoms with van der Waals surface area (Å²) in [5, 5.41) is 10.5. The standard InChI is InChI=1S/C24H24N6OS/c1-14(2)21(22-27-19-8-4-5-9-20(19)28-22)29-24(31)17-11-15(3)26-23-18(17)12-25-30(23)13-16-7-6-10-32-16/h4-12,14,21H,13H2,1-3H3,(H,27,28)(H,29,31)/t21-/m0/s1. The molecule has 0 aliphatic heterocycles. The summed E-state index contributed by atoms with van der Waals surface area (Å²) in [7, 11) is 0. The van der Waals surface area contributed by atoms with E-state index in [4.69, 9.17) is 4.98 Å². The number of aryl methyl sites for hydroxylation is 1. The Hall–Kier alpha value is -3.52. The van der Waals surface area contributed by atoms with Gasteiger partial charge >= 0.3 is 0 Å². The van der Waals surface area contributed by atoms with E-state index in [1.807, 2.05) is 53.4 Å². The quantitative estimate of drug-likeness (QED) is 0.392. The molecule has 7 nitrogen and oxygen atoms in total. The van der Waals surface area contributed by atoms with Gasteiger partial charge in [0.15, 0.2) is 5.65 Å². The molecular weight excluding hydrogens is 420 g/mol. The third-order valence-corrected chi connectivity index (χ3v) is 6.38. The Labute approximate surface area is 189 Å². The molecule has 8 heteroatoms. The van der Waals surface area contributed by atoms with Gasteiger partial charge in [-0.1, -0.05) is 32.0 Å². The first-order chi connectivity index (χ1) is 15.5. The highest BCUT2D eigenvalue weighted by Crippen LogP contribution is 2.25. The SMILES string of the molecule is Cc1cc(C(=O)N[C@H](c2nc3ccccc3[nH]2)C(C)C)c2cnn(Cc3cccs3)c2n1. The topological polar surface area (TPSA) is 88.5 Å². The van der Waals surface area contributed by atoms with Crippen LogP contribution in [0, 0.1) is 12.8 Å². The van der Waals surface area contributed by atoms with Gasteiger partial charge in [0, 0.05) is 10.6 Å². The average Bonchev–Trinajstić information content (AvgIpc) is 3.51. The molecule has 1 aromatic carbocycles. The number of amides is 1. The van der Waals surface area contributed by atoms with E-state index in [1.54, 1.807) is 17.5 Å². The minimum Gasteiger partial charge on any atom is -0.342 e. The number of fused-ring (bicyclic) bond motifs is 2. The normalized spacial score (nSPS) is 12.6. The maximum absolute atomic E-state index is 13.4. The predicted octanol–water partition coefficient (Wildman–Crippen LogP) is 4.85. The molecule has 0 bridgehead atoms. The van der Waals surface area contributed by atoms with E-state index in [9.17, 15) is 4.79 Å². The molecule has 0 saturated heterocycles. The third kappa shape index (κ3) is 3.78. The molecule has 0 aliphatic carbocycles. The number of hydrogen-bond donors (Lipinski definition) is 2. The van der Waals surface area contributed by atoms with Crippen molar-refractivity contribution < 1.29 is 4.79 Å². The lowest BCUT2D eigenvalue weighted by Gasteiger charge is -2.20. The Bertz CT molecular complexity index is 1370. The summed E-state index contributed by atoms with van der Waals surface area (Å²) >= 11 is 1.68. The molecule has 0 aliphatic rings. The Balaban J connectivity index is 1.48. The molecule has 2 N–H and O–H groups in total. The highest BCUT2D eigenvalue weighted by Gasteiger charge is 2.24. The molecular formula is C24H24N6OS. The van der Waals surface area contributed by atoms with Gasteiger partial charge in [0.2, 0.25) is 0 Å². The van der Waals surface area contributed by atoms with Crippen molar-refractivity contribution in [3.63, 3.8) is 0 Å². The number of nitrogens with zero attached hydrogens (tertiary/aromatic N) is 4. The van der Waals surface area contributed by atoms with Crippen LogP contribution in [0.2, 0.25) is 0 Å². The van der Waals surface area contributed by atoms with Gasteiger partial charge in [-0.3, -0.25) is 4.79 Å². The van der Waals surface area contributed by atoms with Crippen molar-refractivity contribution in [1.82, 2.24) is 30.0 Å². The zero-order valence-corrected chi connectivity index (χ0v) is 19.0. The van der Waals surface area contributed by atoms with Gasteiger partial charge in [0.25, 0.3) is 5.91 Å². The molecule has 1 amide bonds. The minimum atomic E-state index is -0.250. The number of aromatic nitrogens is 5. The first kappa shape index (κ1) is 20.4. The molecule has 0 radical (unpaired) electrons. The number of thiophene rings is 1. The summed E-state index contributed by atoms with van der Waals surface area (Å²) in [5.74, 6) is 0.750. The Morgan fingerprint density at radius 2 is 2.03 bits per heavy atom. The number of hydrogen-bond acceptors (Lipinski definition) is 5. The van der Waals surface area contributed by atoms with Gasteiger partial charge in [-0.05, 0) is 42.5 Å². The number of para-hydroxylation sites is 2. The number of aromatic amines is 1. The van der Waals surface area contributed by atoms with Gasteiger partial charge < -0.3 is 10.3 Å². The summed E-state index contributed by atoms with van der Waals surface area (Å²) in [5.41, 5.74) is 3.92. The smallest absolute Gasteiger partial charge is 0.252 e. The van der Waals surface area contributed by atoms with Crippen molar-refractivity contribution in [3.05, 3.63) is 76.0 Å². The van der Waals surface area contributed by atoms with Crippen LogP contribution in [0.15, 0.2) is 54.0 Å². The fourth-order valence-corrected chi connectivity index (χ4v) is 4.60. The molecule has 1 atom stereocenters. The fourth-order valence-electron chi connectivity index (χ4n) is 3.92. The monoisotopic (exact) mass is 444 g/mol. The maximum atomic E-state index is 13.4. The number of H-pyrrole nitrogens is 1. The molecule has 162 valence electrons. The molecule has 0 spiro atoms. The first-order valence-corrected chi connectivity index (χ1v) is 11.5. The van der Waals surface area contributed by atoms with Crippen molar-refractivity contribution >= 4 is 39.3 Å². The van der Waals surface area contributed by atoms with Gasteiger partial charge in [-0.15, -0.1) is 11.3 Å². The van der Waals surface area contributed by atoms with E-state index < -0.39 is 0 Å². The van der Waals surface area contributed by atoms with Crippen molar-refractivity contribution in [2.24, 2.45) is 5.92 Å². The zero-order chi connectivity index (χ0) is 22.2. The van der Waals surface area contributed by atoms with Crippen molar-refractivity contribution in [1.29, 1.82) is 0 Å². The molecule has 0 fully saturated rings. The van der Waals surface area contributed by atoms with Crippen molar-refractivity contribution in [3.8, 4) is 0 Å². The fraction of sp³-hybridized carbons (Fsp3) is 0.250. The lowest BCUT2D eigenvalue weighted by molar-refractivity contribution is 0.0925. The molecule has 4 heterocycles. The Morgan fingerprint density at radius 1 is 1.19 bits per heavy atom.